The van der Waals surface area contributed by atoms with Crippen LogP contribution in [0.25, 0.3) is 11.1 Å². The van der Waals surface area contributed by atoms with Crippen LogP contribution in [0.5, 0.6) is 5.75 Å². The average Bonchev–Trinajstić information content (AvgIpc) is 2.67. The van der Waals surface area contributed by atoms with Gasteiger partial charge >= 0.3 is 0 Å². The van der Waals surface area contributed by atoms with Crippen molar-refractivity contribution < 1.29 is 27.4 Å². The zero-order chi connectivity index (χ0) is 19.4. The highest BCUT2D eigenvalue weighted by molar-refractivity contribution is 5.66. The summed E-state index contributed by atoms with van der Waals surface area (Å²) in [5, 5.41) is 0. The van der Waals surface area contributed by atoms with Gasteiger partial charge in [0.1, 0.15) is 0 Å². The highest BCUT2D eigenvalue weighted by Gasteiger charge is 2.27. The summed E-state index contributed by atoms with van der Waals surface area (Å²) in [6.07, 6.45) is 0.760. The molecular formula is C21H23F3O3. The van der Waals surface area contributed by atoms with Gasteiger partial charge in [-0.3, -0.25) is 0 Å². The van der Waals surface area contributed by atoms with Crippen molar-refractivity contribution in [3.63, 3.8) is 0 Å². The van der Waals surface area contributed by atoms with Crippen LogP contribution in [0.4, 0.5) is 13.2 Å². The molecule has 0 amide bonds. The van der Waals surface area contributed by atoms with Crippen LogP contribution >= 0.6 is 0 Å². The molecule has 27 heavy (non-hydrogen) atoms. The van der Waals surface area contributed by atoms with Crippen molar-refractivity contribution in [2.24, 2.45) is 0 Å². The van der Waals surface area contributed by atoms with E-state index in [4.69, 9.17) is 14.2 Å². The van der Waals surface area contributed by atoms with Gasteiger partial charge in [-0.25, -0.2) is 13.2 Å². The van der Waals surface area contributed by atoms with Gasteiger partial charge in [0.15, 0.2) is 23.2 Å². The van der Waals surface area contributed by atoms with Crippen molar-refractivity contribution in [1.82, 2.24) is 0 Å². The maximum Gasteiger partial charge on any atom is 0.167 e. The van der Waals surface area contributed by atoms with Crippen molar-refractivity contribution in [3.8, 4) is 16.9 Å². The van der Waals surface area contributed by atoms with E-state index in [9.17, 15) is 13.2 Å². The molecule has 1 aliphatic heterocycles. The van der Waals surface area contributed by atoms with Crippen LogP contribution in [0.15, 0.2) is 30.3 Å². The summed E-state index contributed by atoms with van der Waals surface area (Å²) in [6, 6.07) is 7.04. The van der Waals surface area contributed by atoms with Gasteiger partial charge in [-0.2, -0.15) is 0 Å². The summed E-state index contributed by atoms with van der Waals surface area (Å²) in [5.41, 5.74) is 0.429. The van der Waals surface area contributed by atoms with Crippen molar-refractivity contribution in [1.29, 1.82) is 0 Å². The summed E-state index contributed by atoms with van der Waals surface area (Å²) < 4.78 is 59.7. The van der Waals surface area contributed by atoms with Gasteiger partial charge in [-0.05, 0) is 44.4 Å². The zero-order valence-electron chi connectivity index (χ0n) is 15.4. The molecule has 1 aliphatic rings. The van der Waals surface area contributed by atoms with Crippen LogP contribution in [0.2, 0.25) is 0 Å². The first-order chi connectivity index (χ1) is 13.0. The van der Waals surface area contributed by atoms with E-state index in [1.54, 1.807) is 6.92 Å². The highest BCUT2D eigenvalue weighted by atomic mass is 19.2. The van der Waals surface area contributed by atoms with Crippen LogP contribution in [-0.2, 0) is 9.47 Å². The lowest BCUT2D eigenvalue weighted by atomic mass is 9.96. The molecule has 0 N–H and O–H groups in total. The van der Waals surface area contributed by atoms with Crippen LogP contribution in [-0.4, -0.2) is 25.9 Å². The van der Waals surface area contributed by atoms with Gasteiger partial charge < -0.3 is 14.2 Å². The van der Waals surface area contributed by atoms with Gasteiger partial charge in [0.05, 0.1) is 25.4 Å². The largest absolute Gasteiger partial charge is 0.491 e. The molecule has 1 heterocycles. The first-order valence-electron chi connectivity index (χ1n) is 9.18. The Hall–Kier alpha value is -2.05. The molecule has 146 valence electrons. The number of hydrogen-bond acceptors (Lipinski definition) is 3. The summed E-state index contributed by atoms with van der Waals surface area (Å²) in [6.45, 7) is 4.91. The van der Waals surface area contributed by atoms with Gasteiger partial charge in [0, 0.05) is 17.7 Å². The lowest BCUT2D eigenvalue weighted by Crippen LogP contribution is -2.28. The van der Waals surface area contributed by atoms with Crippen molar-refractivity contribution in [3.05, 3.63) is 53.3 Å². The molecule has 1 fully saturated rings. The Bertz CT molecular complexity index is 786. The summed E-state index contributed by atoms with van der Waals surface area (Å²) in [7, 11) is 0. The van der Waals surface area contributed by atoms with E-state index in [0.717, 1.165) is 12.5 Å². The smallest absolute Gasteiger partial charge is 0.167 e. The first kappa shape index (κ1) is 19.7. The molecule has 2 aromatic rings. The van der Waals surface area contributed by atoms with Crippen LogP contribution < -0.4 is 4.74 Å². The quantitative estimate of drug-likeness (QED) is 0.669. The third-order valence-corrected chi connectivity index (χ3v) is 4.64. The van der Waals surface area contributed by atoms with E-state index in [0.29, 0.717) is 26.2 Å². The van der Waals surface area contributed by atoms with Crippen LogP contribution in [0.3, 0.4) is 0 Å². The van der Waals surface area contributed by atoms with E-state index in [-0.39, 0.29) is 28.5 Å². The predicted octanol–water partition coefficient (Wildman–Crippen LogP) is 5.43. The van der Waals surface area contributed by atoms with Gasteiger partial charge in [-0.1, -0.05) is 18.2 Å². The SMILES string of the molecule is CCOc1ccc(-c2ccc(C3CCC(OCC)CO3)c(F)c2F)cc1F. The van der Waals surface area contributed by atoms with Crippen LogP contribution in [0, 0.1) is 17.5 Å². The Balaban J connectivity index is 1.82. The summed E-state index contributed by atoms with van der Waals surface area (Å²) >= 11 is 0. The maximum absolute atomic E-state index is 14.7. The fraction of sp³-hybridized carbons (Fsp3) is 0.429. The number of halogens is 3. The second-order valence-electron chi connectivity index (χ2n) is 6.39. The normalized spacial score (nSPS) is 19.9. The molecule has 3 rings (SSSR count). The molecule has 0 spiro atoms. The molecule has 3 nitrogen and oxygen atoms in total. The minimum Gasteiger partial charge on any atom is -0.491 e. The third kappa shape index (κ3) is 4.28. The van der Waals surface area contributed by atoms with Gasteiger partial charge in [0.25, 0.3) is 0 Å². The topological polar surface area (TPSA) is 27.7 Å². The summed E-state index contributed by atoms with van der Waals surface area (Å²) in [4.78, 5) is 0. The predicted molar refractivity (Wildman–Crippen MR) is 96.3 cm³/mol. The molecule has 1 saturated heterocycles. The highest BCUT2D eigenvalue weighted by Crippen LogP contribution is 2.35. The van der Waals surface area contributed by atoms with Gasteiger partial charge in [-0.15, -0.1) is 0 Å². The minimum absolute atomic E-state index is 0.00111. The molecule has 2 unspecified atom stereocenters. The molecule has 2 atom stereocenters. The molecule has 0 saturated carbocycles. The number of benzene rings is 2. The third-order valence-electron chi connectivity index (χ3n) is 4.64. The first-order valence-corrected chi connectivity index (χ1v) is 9.18. The fourth-order valence-electron chi connectivity index (χ4n) is 3.32. The standard InChI is InChI=1S/C21H23F3O3/c1-3-25-14-6-10-18(27-12-14)16-8-7-15(20(23)21(16)24)13-5-9-19(26-4-2)17(22)11-13/h5,7-9,11,14,18H,3-4,6,10,12H2,1-2H3. The molecule has 2 aromatic carbocycles. The van der Waals surface area contributed by atoms with Crippen molar-refractivity contribution in [2.45, 2.75) is 38.9 Å². The molecule has 0 aliphatic carbocycles. The van der Waals surface area contributed by atoms with E-state index in [1.807, 2.05) is 6.92 Å². The minimum atomic E-state index is -1.01. The second-order valence-corrected chi connectivity index (χ2v) is 6.39. The molecular weight excluding hydrogens is 357 g/mol. The van der Waals surface area contributed by atoms with Crippen LogP contribution in [0.1, 0.15) is 38.4 Å². The number of rotatable bonds is 6. The lowest BCUT2D eigenvalue weighted by Gasteiger charge is -2.29. The maximum atomic E-state index is 14.7. The zero-order valence-corrected chi connectivity index (χ0v) is 15.4. The number of ether oxygens (including phenoxy) is 3. The Labute approximate surface area is 157 Å². The lowest BCUT2D eigenvalue weighted by molar-refractivity contribution is -0.0850. The number of hydrogen-bond donors (Lipinski definition) is 0. The molecule has 0 bridgehead atoms. The molecule has 0 aromatic heterocycles. The van der Waals surface area contributed by atoms with E-state index in [1.165, 1.54) is 24.3 Å². The van der Waals surface area contributed by atoms with E-state index in [2.05, 4.69) is 0 Å². The fourth-order valence-corrected chi connectivity index (χ4v) is 3.32. The summed E-state index contributed by atoms with van der Waals surface area (Å²) in [5.74, 6) is -2.50. The van der Waals surface area contributed by atoms with Gasteiger partial charge in [0.2, 0.25) is 0 Å². The van der Waals surface area contributed by atoms with Crippen molar-refractivity contribution in [2.75, 3.05) is 19.8 Å². The van der Waals surface area contributed by atoms with E-state index < -0.39 is 23.6 Å². The Kier molecular flexibility index (Phi) is 6.39. The second kappa shape index (κ2) is 8.76. The Morgan fingerprint density at radius 2 is 1.81 bits per heavy atom. The van der Waals surface area contributed by atoms with E-state index >= 15 is 0 Å². The Morgan fingerprint density at radius 1 is 1.00 bits per heavy atom. The molecule has 6 heteroatoms. The Morgan fingerprint density at radius 3 is 2.44 bits per heavy atom. The molecule has 0 radical (unpaired) electrons. The monoisotopic (exact) mass is 380 g/mol. The van der Waals surface area contributed by atoms with Crippen molar-refractivity contribution >= 4 is 0 Å². The average molecular weight is 380 g/mol.